The van der Waals surface area contributed by atoms with E-state index < -0.39 is 6.04 Å². The zero-order chi connectivity index (χ0) is 24.4. The number of nitrogens with one attached hydrogen (secondary N) is 3. The molecule has 1 atom stereocenters. The van der Waals surface area contributed by atoms with E-state index in [-0.39, 0.29) is 11.9 Å². The standard InChI is InChI=1S/C26H23ClN6O2/c1-15-22(24(34)30-17-12-10-16(14-28)11-13-17)23(18-6-2-3-7-19(18)27)32-25(29-15)33-26-31-20-8-4-5-9-21(20)35-26/h2-13,23H,14,28H2,1H3,(H,30,34)(H2,29,31,32,33). The van der Waals surface area contributed by atoms with Crippen LogP contribution in [-0.2, 0) is 11.3 Å². The molecule has 0 saturated carbocycles. The molecule has 0 bridgehead atoms. The molecule has 0 saturated heterocycles. The topological polar surface area (TPSA) is 118 Å². The third-order valence-electron chi connectivity index (χ3n) is 5.65. The first-order chi connectivity index (χ1) is 17.0. The van der Waals surface area contributed by atoms with Crippen LogP contribution in [0, 0.1) is 0 Å². The molecule has 176 valence electrons. The molecule has 1 aliphatic rings. The first kappa shape index (κ1) is 22.6. The van der Waals surface area contributed by atoms with Crippen LogP contribution in [0.5, 0.6) is 0 Å². The number of aliphatic imine (C=N–C) groups is 1. The molecule has 0 radical (unpaired) electrons. The lowest BCUT2D eigenvalue weighted by Crippen LogP contribution is -2.37. The predicted molar refractivity (Wildman–Crippen MR) is 138 cm³/mol. The van der Waals surface area contributed by atoms with E-state index in [1.165, 1.54) is 0 Å². The zero-order valence-electron chi connectivity index (χ0n) is 18.9. The van der Waals surface area contributed by atoms with Gasteiger partial charge in [0.15, 0.2) is 5.58 Å². The van der Waals surface area contributed by atoms with Gasteiger partial charge in [0, 0.05) is 28.5 Å². The summed E-state index contributed by atoms with van der Waals surface area (Å²) in [4.78, 5) is 22.6. The van der Waals surface area contributed by atoms with Crippen molar-refractivity contribution in [3.05, 3.63) is 100 Å². The lowest BCUT2D eigenvalue weighted by molar-refractivity contribution is -0.113. The average molecular weight is 487 g/mol. The van der Waals surface area contributed by atoms with Gasteiger partial charge in [-0.3, -0.25) is 10.1 Å². The molecule has 3 aromatic carbocycles. The first-order valence-corrected chi connectivity index (χ1v) is 11.4. The normalized spacial score (nSPS) is 15.5. The van der Waals surface area contributed by atoms with E-state index in [0.29, 0.717) is 45.6 Å². The van der Waals surface area contributed by atoms with E-state index >= 15 is 0 Å². The van der Waals surface area contributed by atoms with Crippen LogP contribution in [0.1, 0.15) is 24.1 Å². The van der Waals surface area contributed by atoms with Crippen molar-refractivity contribution in [3.63, 3.8) is 0 Å². The van der Waals surface area contributed by atoms with Gasteiger partial charge in [0.2, 0.25) is 5.96 Å². The van der Waals surface area contributed by atoms with Crippen molar-refractivity contribution < 1.29 is 9.21 Å². The van der Waals surface area contributed by atoms with E-state index in [0.717, 1.165) is 11.1 Å². The van der Waals surface area contributed by atoms with E-state index in [4.69, 9.17) is 26.7 Å². The molecular weight excluding hydrogens is 464 g/mol. The molecule has 0 fully saturated rings. The number of hydrogen-bond acceptors (Lipinski definition) is 7. The second-order valence-corrected chi connectivity index (χ2v) is 8.44. The van der Waals surface area contributed by atoms with Crippen LogP contribution in [0.15, 0.2) is 93.5 Å². The largest absolute Gasteiger partial charge is 0.423 e. The fourth-order valence-corrected chi connectivity index (χ4v) is 4.14. The summed E-state index contributed by atoms with van der Waals surface area (Å²) < 4.78 is 5.77. The van der Waals surface area contributed by atoms with Crippen molar-refractivity contribution in [1.29, 1.82) is 0 Å². The van der Waals surface area contributed by atoms with Crippen LogP contribution in [0.3, 0.4) is 0 Å². The van der Waals surface area contributed by atoms with Crippen LogP contribution in [0.4, 0.5) is 11.7 Å². The number of halogens is 1. The second-order valence-electron chi connectivity index (χ2n) is 8.03. The number of guanidine groups is 1. The third-order valence-corrected chi connectivity index (χ3v) is 6.00. The van der Waals surface area contributed by atoms with Crippen LogP contribution in [-0.4, -0.2) is 16.9 Å². The molecule has 2 heterocycles. The van der Waals surface area contributed by atoms with Gasteiger partial charge in [-0.05, 0) is 42.8 Å². The van der Waals surface area contributed by atoms with E-state index in [1.807, 2.05) is 73.7 Å². The number of aromatic nitrogens is 1. The molecule has 1 amide bonds. The number of benzene rings is 3. The Morgan fingerprint density at radius 1 is 1.09 bits per heavy atom. The summed E-state index contributed by atoms with van der Waals surface area (Å²) in [5, 5.41) is 9.71. The third kappa shape index (κ3) is 4.75. The second kappa shape index (κ2) is 9.61. The Bertz CT molecular complexity index is 1430. The fraction of sp³-hybridized carbons (Fsp3) is 0.115. The highest BCUT2D eigenvalue weighted by Crippen LogP contribution is 2.35. The van der Waals surface area contributed by atoms with E-state index in [1.54, 1.807) is 6.07 Å². The number of allylic oxidation sites excluding steroid dienone is 1. The van der Waals surface area contributed by atoms with Crippen LogP contribution in [0.25, 0.3) is 11.1 Å². The smallest absolute Gasteiger partial charge is 0.302 e. The molecule has 8 nitrogen and oxygen atoms in total. The monoisotopic (exact) mass is 486 g/mol. The highest BCUT2D eigenvalue weighted by atomic mass is 35.5. The van der Waals surface area contributed by atoms with Crippen LogP contribution in [0.2, 0.25) is 5.02 Å². The van der Waals surface area contributed by atoms with Crippen molar-refractivity contribution in [3.8, 4) is 0 Å². The summed E-state index contributed by atoms with van der Waals surface area (Å²) in [5.74, 6) is 0.105. The number of carbonyl (C=O) groups is 1. The summed E-state index contributed by atoms with van der Waals surface area (Å²) >= 11 is 6.52. The van der Waals surface area contributed by atoms with Gasteiger partial charge in [-0.1, -0.05) is 54.1 Å². The van der Waals surface area contributed by atoms with E-state index in [9.17, 15) is 4.79 Å². The summed E-state index contributed by atoms with van der Waals surface area (Å²) in [5.41, 5.74) is 10.5. The van der Waals surface area contributed by atoms with Gasteiger partial charge in [0.1, 0.15) is 11.6 Å². The molecule has 9 heteroatoms. The molecule has 5 rings (SSSR count). The van der Waals surface area contributed by atoms with Crippen LogP contribution < -0.4 is 21.7 Å². The summed E-state index contributed by atoms with van der Waals surface area (Å²) in [6.07, 6.45) is 0. The molecule has 1 aromatic heterocycles. The number of rotatable bonds is 5. The SMILES string of the molecule is CC1=C(C(=O)Nc2ccc(CN)cc2)C(c2ccccc2Cl)N=C(Nc2nc3ccccc3o2)N1. The average Bonchev–Trinajstić information content (AvgIpc) is 3.26. The summed E-state index contributed by atoms with van der Waals surface area (Å²) in [7, 11) is 0. The molecule has 4 aromatic rings. The quantitative estimate of drug-likeness (QED) is 0.316. The number of para-hydroxylation sites is 2. The molecule has 1 unspecified atom stereocenters. The molecular formula is C26H23ClN6O2. The Hall–Kier alpha value is -4.14. The fourth-order valence-electron chi connectivity index (χ4n) is 3.91. The highest BCUT2D eigenvalue weighted by molar-refractivity contribution is 6.31. The Balaban J connectivity index is 1.47. The van der Waals surface area contributed by atoms with Gasteiger partial charge in [-0.2, -0.15) is 4.98 Å². The maximum atomic E-state index is 13.4. The Labute approximate surface area is 206 Å². The highest BCUT2D eigenvalue weighted by Gasteiger charge is 2.31. The van der Waals surface area contributed by atoms with Gasteiger partial charge in [-0.15, -0.1) is 0 Å². The maximum Gasteiger partial charge on any atom is 0.302 e. The number of amides is 1. The lowest BCUT2D eigenvalue weighted by Gasteiger charge is -2.27. The first-order valence-electron chi connectivity index (χ1n) is 11.0. The maximum absolute atomic E-state index is 13.4. The van der Waals surface area contributed by atoms with E-state index in [2.05, 4.69) is 20.9 Å². The van der Waals surface area contributed by atoms with Crippen molar-refractivity contribution in [2.75, 3.05) is 10.6 Å². The number of oxazole rings is 1. The number of hydrogen-bond donors (Lipinski definition) is 4. The Morgan fingerprint density at radius 3 is 2.57 bits per heavy atom. The number of anilines is 2. The molecule has 1 aliphatic heterocycles. The van der Waals surface area contributed by atoms with Crippen molar-refractivity contribution in [2.45, 2.75) is 19.5 Å². The van der Waals surface area contributed by atoms with Gasteiger partial charge in [0.25, 0.3) is 5.91 Å². The zero-order valence-corrected chi connectivity index (χ0v) is 19.6. The number of fused-ring (bicyclic) bond motifs is 1. The number of carbonyl (C=O) groups excluding carboxylic acids is 1. The minimum Gasteiger partial charge on any atom is -0.423 e. The Kier molecular flexibility index (Phi) is 6.22. The van der Waals surface area contributed by atoms with Crippen molar-refractivity contribution in [1.82, 2.24) is 10.3 Å². The van der Waals surface area contributed by atoms with Crippen molar-refractivity contribution >= 4 is 46.3 Å². The van der Waals surface area contributed by atoms with Gasteiger partial charge < -0.3 is 20.8 Å². The van der Waals surface area contributed by atoms with Gasteiger partial charge in [0.05, 0.1) is 5.57 Å². The summed E-state index contributed by atoms with van der Waals surface area (Å²) in [6.45, 7) is 2.25. The predicted octanol–water partition coefficient (Wildman–Crippen LogP) is 4.97. The minimum atomic E-state index is -0.653. The number of nitrogens with two attached hydrogens (primary N) is 1. The molecule has 5 N–H and O–H groups in total. The summed E-state index contributed by atoms with van der Waals surface area (Å²) in [6, 6.07) is 21.8. The number of nitrogens with zero attached hydrogens (tertiary/aromatic N) is 2. The Morgan fingerprint density at radius 2 is 1.83 bits per heavy atom. The minimum absolute atomic E-state index is 0.287. The van der Waals surface area contributed by atoms with Gasteiger partial charge in [-0.25, -0.2) is 4.99 Å². The molecule has 35 heavy (non-hydrogen) atoms. The molecule has 0 aliphatic carbocycles. The molecule has 0 spiro atoms. The van der Waals surface area contributed by atoms with Gasteiger partial charge >= 0.3 is 6.01 Å². The van der Waals surface area contributed by atoms with Crippen LogP contribution >= 0.6 is 11.6 Å². The van der Waals surface area contributed by atoms with Crippen molar-refractivity contribution in [2.24, 2.45) is 10.7 Å². The lowest BCUT2D eigenvalue weighted by atomic mass is 9.95.